The summed E-state index contributed by atoms with van der Waals surface area (Å²) >= 11 is 7.06. The average molecular weight is 476 g/mol. The maximum Gasteiger partial charge on any atom is 0.416 e. The van der Waals surface area contributed by atoms with Crippen molar-refractivity contribution >= 4 is 38.3 Å². The van der Waals surface area contributed by atoms with E-state index in [1.807, 2.05) is 0 Å². The van der Waals surface area contributed by atoms with Gasteiger partial charge in [-0.25, -0.2) is 13.4 Å². The van der Waals surface area contributed by atoms with E-state index < -0.39 is 21.8 Å². The van der Waals surface area contributed by atoms with Crippen molar-refractivity contribution in [3.05, 3.63) is 64.4 Å². The molecule has 12 heteroatoms. The topological polar surface area (TPSA) is 81.2 Å². The van der Waals surface area contributed by atoms with Crippen LogP contribution in [0.15, 0.2) is 47.6 Å². The van der Waals surface area contributed by atoms with Crippen LogP contribution in [0.2, 0.25) is 5.02 Å². The highest BCUT2D eigenvalue weighted by atomic mass is 35.5. The summed E-state index contributed by atoms with van der Waals surface area (Å²) in [5, 5.41) is 0.125. The Hall–Kier alpha value is -2.37. The second kappa shape index (κ2) is 7.71. The molecule has 0 spiro atoms. The summed E-state index contributed by atoms with van der Waals surface area (Å²) in [6.45, 7) is 0.266. The van der Waals surface area contributed by atoms with Gasteiger partial charge in [-0.15, -0.1) is 0 Å². The number of halogens is 4. The molecule has 2 aromatic carbocycles. The fourth-order valence-electron chi connectivity index (χ4n) is 3.24. The monoisotopic (exact) mass is 475 g/mol. The Kier molecular flexibility index (Phi) is 5.37. The molecule has 1 aliphatic rings. The number of sulfonamides is 1. The van der Waals surface area contributed by atoms with E-state index in [2.05, 4.69) is 14.1 Å². The Labute approximate surface area is 178 Å². The number of hydrogen-bond acceptors (Lipinski definition) is 6. The first-order valence-corrected chi connectivity index (χ1v) is 11.2. The van der Waals surface area contributed by atoms with Gasteiger partial charge in [0.25, 0.3) is 10.0 Å². The molecule has 30 heavy (non-hydrogen) atoms. The van der Waals surface area contributed by atoms with Gasteiger partial charge in [-0.2, -0.15) is 17.5 Å². The van der Waals surface area contributed by atoms with E-state index in [0.29, 0.717) is 23.3 Å². The highest BCUT2D eigenvalue weighted by molar-refractivity contribution is 7.93. The number of fused-ring (bicyclic) bond motifs is 1. The van der Waals surface area contributed by atoms with Crippen LogP contribution >= 0.6 is 23.1 Å². The summed E-state index contributed by atoms with van der Waals surface area (Å²) in [5.41, 5.74) is 0.349. The largest absolute Gasteiger partial charge is 0.493 e. The van der Waals surface area contributed by atoms with Crippen molar-refractivity contribution in [3.63, 3.8) is 0 Å². The maximum absolute atomic E-state index is 12.9. The molecule has 1 aliphatic heterocycles. The number of alkyl halides is 3. The SMILES string of the molecule is O=S(=O)(Nc1ncns1)c1ccc2c(c1)OCCC2c1ccc(C(F)(F)F)cc1Cl. The van der Waals surface area contributed by atoms with Crippen LogP contribution in [0.3, 0.4) is 0 Å². The molecule has 1 N–H and O–H groups in total. The van der Waals surface area contributed by atoms with E-state index in [1.165, 1.54) is 24.5 Å². The van der Waals surface area contributed by atoms with E-state index >= 15 is 0 Å². The van der Waals surface area contributed by atoms with Crippen molar-refractivity contribution < 1.29 is 26.3 Å². The fourth-order valence-corrected chi connectivity index (χ4v) is 5.23. The highest BCUT2D eigenvalue weighted by Crippen LogP contribution is 2.43. The third kappa shape index (κ3) is 4.09. The van der Waals surface area contributed by atoms with Crippen molar-refractivity contribution in [2.24, 2.45) is 0 Å². The first kappa shape index (κ1) is 20.9. The maximum atomic E-state index is 12.9. The van der Waals surface area contributed by atoms with Crippen molar-refractivity contribution in [2.75, 3.05) is 11.3 Å². The predicted octanol–water partition coefficient (Wildman–Crippen LogP) is 4.93. The summed E-state index contributed by atoms with van der Waals surface area (Å²) in [6, 6.07) is 7.61. The van der Waals surface area contributed by atoms with E-state index in [-0.39, 0.29) is 27.6 Å². The summed E-state index contributed by atoms with van der Waals surface area (Å²) < 4.78 is 75.6. The van der Waals surface area contributed by atoms with Gasteiger partial charge < -0.3 is 4.74 Å². The molecule has 0 amide bonds. The minimum atomic E-state index is -4.49. The minimum Gasteiger partial charge on any atom is -0.493 e. The van der Waals surface area contributed by atoms with Crippen LogP contribution in [0.1, 0.15) is 29.0 Å². The fraction of sp³-hybridized carbons (Fsp3) is 0.222. The van der Waals surface area contributed by atoms with Crippen molar-refractivity contribution in [3.8, 4) is 5.75 Å². The van der Waals surface area contributed by atoms with Crippen LogP contribution < -0.4 is 9.46 Å². The zero-order valence-corrected chi connectivity index (χ0v) is 17.4. The summed E-state index contributed by atoms with van der Waals surface area (Å²) in [5.74, 6) is 0.0127. The number of aromatic nitrogens is 2. The molecule has 0 saturated carbocycles. The zero-order chi connectivity index (χ0) is 21.5. The molecular formula is C18H13ClF3N3O3S2. The van der Waals surface area contributed by atoms with Gasteiger partial charge in [-0.1, -0.05) is 23.7 Å². The summed E-state index contributed by atoms with van der Waals surface area (Å²) in [6.07, 6.45) is -2.76. The molecule has 0 radical (unpaired) electrons. The Balaban J connectivity index is 1.67. The minimum absolute atomic E-state index is 0.00249. The van der Waals surface area contributed by atoms with Crippen LogP contribution in [0, 0.1) is 0 Å². The lowest BCUT2D eigenvalue weighted by Gasteiger charge is -2.27. The quantitative estimate of drug-likeness (QED) is 0.579. The molecule has 1 aromatic heterocycles. The molecule has 1 unspecified atom stereocenters. The molecule has 0 bridgehead atoms. The van der Waals surface area contributed by atoms with Crippen LogP contribution in [-0.4, -0.2) is 24.4 Å². The summed E-state index contributed by atoms with van der Waals surface area (Å²) in [4.78, 5) is 3.76. The first-order valence-electron chi connectivity index (χ1n) is 8.58. The van der Waals surface area contributed by atoms with E-state index in [0.717, 1.165) is 23.7 Å². The summed E-state index contributed by atoms with van der Waals surface area (Å²) in [7, 11) is -3.90. The van der Waals surface area contributed by atoms with Gasteiger partial charge in [0.2, 0.25) is 5.13 Å². The number of nitrogens with one attached hydrogen (secondary N) is 1. The van der Waals surface area contributed by atoms with Gasteiger partial charge in [0.05, 0.1) is 17.1 Å². The molecule has 6 nitrogen and oxygen atoms in total. The van der Waals surface area contributed by atoms with Crippen molar-refractivity contribution in [1.29, 1.82) is 0 Å². The van der Waals surface area contributed by atoms with E-state index in [9.17, 15) is 21.6 Å². The number of ether oxygens (including phenoxy) is 1. The van der Waals surface area contributed by atoms with E-state index in [1.54, 1.807) is 6.07 Å². The van der Waals surface area contributed by atoms with Gasteiger partial charge >= 0.3 is 6.18 Å². The Morgan fingerprint density at radius 1 is 1.17 bits per heavy atom. The molecule has 0 aliphatic carbocycles. The van der Waals surface area contributed by atoms with Crippen LogP contribution in [0.5, 0.6) is 5.75 Å². The van der Waals surface area contributed by atoms with E-state index in [4.69, 9.17) is 16.3 Å². The van der Waals surface area contributed by atoms with Crippen LogP contribution in [0.25, 0.3) is 0 Å². The number of rotatable bonds is 4. The normalized spacial score (nSPS) is 16.6. The molecule has 0 saturated heterocycles. The van der Waals surface area contributed by atoms with Gasteiger partial charge in [-0.3, -0.25) is 4.72 Å². The van der Waals surface area contributed by atoms with Crippen molar-refractivity contribution in [2.45, 2.75) is 23.4 Å². The second-order valence-corrected chi connectivity index (χ2v) is 9.35. The van der Waals surface area contributed by atoms with Gasteiger partial charge in [-0.05, 0) is 30.2 Å². The third-order valence-electron chi connectivity index (χ3n) is 4.62. The Bertz CT molecular complexity index is 1190. The smallest absolute Gasteiger partial charge is 0.416 e. The lowest BCUT2D eigenvalue weighted by Crippen LogP contribution is -2.18. The average Bonchev–Trinajstić information content (AvgIpc) is 3.18. The molecule has 2 heterocycles. The van der Waals surface area contributed by atoms with Gasteiger partial charge in [0.1, 0.15) is 12.1 Å². The molecule has 4 rings (SSSR count). The number of anilines is 1. The first-order chi connectivity index (χ1) is 14.1. The van der Waals surface area contributed by atoms with Crippen molar-refractivity contribution in [1.82, 2.24) is 9.36 Å². The molecule has 3 aromatic rings. The third-order valence-corrected chi connectivity index (χ3v) is 6.99. The van der Waals surface area contributed by atoms with Crippen LogP contribution in [-0.2, 0) is 16.2 Å². The molecule has 0 fully saturated rings. The molecule has 158 valence electrons. The lowest BCUT2D eigenvalue weighted by molar-refractivity contribution is -0.137. The highest BCUT2D eigenvalue weighted by Gasteiger charge is 2.33. The zero-order valence-electron chi connectivity index (χ0n) is 15.0. The second-order valence-electron chi connectivity index (χ2n) is 6.48. The Morgan fingerprint density at radius 3 is 2.60 bits per heavy atom. The number of benzene rings is 2. The predicted molar refractivity (Wildman–Crippen MR) is 106 cm³/mol. The number of hydrogen-bond donors (Lipinski definition) is 1. The van der Waals surface area contributed by atoms with Gasteiger partial charge in [0.15, 0.2) is 0 Å². The number of nitrogens with zero attached hydrogens (tertiary/aromatic N) is 2. The van der Waals surface area contributed by atoms with Crippen LogP contribution in [0.4, 0.5) is 18.3 Å². The standard InChI is InChI=1S/C18H13ClF3N3O3S2/c19-15-7-10(18(20,21)22)1-3-13(15)12-5-6-28-16-8-11(2-4-14(12)16)30(26,27)25-17-23-9-24-29-17/h1-4,7-9,12H,5-6H2,(H,23,24,25). The molecular weight excluding hydrogens is 463 g/mol. The lowest BCUT2D eigenvalue weighted by atomic mass is 9.86. The Morgan fingerprint density at radius 2 is 1.93 bits per heavy atom. The molecule has 1 atom stereocenters. The van der Waals surface area contributed by atoms with Gasteiger partial charge in [0, 0.05) is 34.1 Å².